The first-order valence-corrected chi connectivity index (χ1v) is 6.14. The number of anilines is 1. The van der Waals surface area contributed by atoms with Crippen LogP contribution in [0.4, 0.5) is 5.69 Å². The SMILES string of the molecule is Cc1cc(N)cc(C(=O)N2CC(C)C(C)C2)c1. The molecule has 17 heavy (non-hydrogen) atoms. The standard InChI is InChI=1S/C14H20N2O/c1-9-4-12(6-13(15)5-9)14(17)16-7-10(2)11(3)8-16/h4-6,10-11H,7-8,15H2,1-3H3. The van der Waals surface area contributed by atoms with E-state index in [0.717, 1.165) is 18.7 Å². The summed E-state index contributed by atoms with van der Waals surface area (Å²) in [5.41, 5.74) is 8.19. The van der Waals surface area contributed by atoms with E-state index < -0.39 is 0 Å². The van der Waals surface area contributed by atoms with E-state index in [1.165, 1.54) is 0 Å². The molecule has 2 rings (SSSR count). The first-order chi connectivity index (χ1) is 7.97. The summed E-state index contributed by atoms with van der Waals surface area (Å²) in [5, 5.41) is 0. The second-order valence-electron chi connectivity index (χ2n) is 5.30. The molecule has 3 nitrogen and oxygen atoms in total. The minimum atomic E-state index is 0.108. The molecule has 2 atom stereocenters. The van der Waals surface area contributed by atoms with Crippen molar-refractivity contribution >= 4 is 11.6 Å². The smallest absolute Gasteiger partial charge is 0.253 e. The molecule has 0 spiro atoms. The van der Waals surface area contributed by atoms with E-state index in [1.807, 2.05) is 24.0 Å². The van der Waals surface area contributed by atoms with Crippen molar-refractivity contribution in [2.45, 2.75) is 20.8 Å². The topological polar surface area (TPSA) is 46.3 Å². The van der Waals surface area contributed by atoms with Gasteiger partial charge in [-0.3, -0.25) is 4.79 Å². The van der Waals surface area contributed by atoms with E-state index in [4.69, 9.17) is 5.73 Å². The van der Waals surface area contributed by atoms with Crippen LogP contribution < -0.4 is 5.73 Å². The van der Waals surface area contributed by atoms with Gasteiger partial charge in [0, 0.05) is 24.3 Å². The Morgan fingerprint density at radius 3 is 2.35 bits per heavy atom. The third kappa shape index (κ3) is 2.43. The summed E-state index contributed by atoms with van der Waals surface area (Å²) in [6.45, 7) is 8.06. The maximum absolute atomic E-state index is 12.3. The molecule has 0 bridgehead atoms. The van der Waals surface area contributed by atoms with Crippen LogP contribution in [0.3, 0.4) is 0 Å². The maximum Gasteiger partial charge on any atom is 0.253 e. The van der Waals surface area contributed by atoms with Crippen molar-refractivity contribution in [3.63, 3.8) is 0 Å². The van der Waals surface area contributed by atoms with Gasteiger partial charge >= 0.3 is 0 Å². The molecular weight excluding hydrogens is 212 g/mol. The summed E-state index contributed by atoms with van der Waals surface area (Å²) in [6, 6.07) is 5.56. The largest absolute Gasteiger partial charge is 0.399 e. The lowest BCUT2D eigenvalue weighted by Gasteiger charge is -2.16. The zero-order valence-corrected chi connectivity index (χ0v) is 10.7. The zero-order valence-electron chi connectivity index (χ0n) is 10.7. The summed E-state index contributed by atoms with van der Waals surface area (Å²) in [4.78, 5) is 14.2. The number of hydrogen-bond donors (Lipinski definition) is 1. The van der Waals surface area contributed by atoms with Crippen molar-refractivity contribution in [2.24, 2.45) is 11.8 Å². The molecule has 1 amide bonds. The highest BCUT2D eigenvalue weighted by molar-refractivity contribution is 5.95. The molecule has 0 aromatic heterocycles. The van der Waals surface area contributed by atoms with Crippen molar-refractivity contribution in [1.29, 1.82) is 0 Å². The zero-order chi connectivity index (χ0) is 12.6. The van der Waals surface area contributed by atoms with Crippen LogP contribution >= 0.6 is 0 Å². The number of nitrogens with zero attached hydrogens (tertiary/aromatic N) is 1. The van der Waals surface area contributed by atoms with Gasteiger partial charge in [0.15, 0.2) is 0 Å². The van der Waals surface area contributed by atoms with Crippen LogP contribution in [0.5, 0.6) is 0 Å². The van der Waals surface area contributed by atoms with E-state index in [1.54, 1.807) is 6.07 Å². The highest BCUT2D eigenvalue weighted by Gasteiger charge is 2.29. The Balaban J connectivity index is 2.20. The second kappa shape index (κ2) is 4.40. The minimum absolute atomic E-state index is 0.108. The molecule has 1 saturated heterocycles. The van der Waals surface area contributed by atoms with Crippen LogP contribution in [0.25, 0.3) is 0 Å². The predicted molar refractivity (Wildman–Crippen MR) is 69.8 cm³/mol. The number of amides is 1. The lowest BCUT2D eigenvalue weighted by Crippen LogP contribution is -2.28. The van der Waals surface area contributed by atoms with Gasteiger partial charge in [-0.25, -0.2) is 0 Å². The molecular formula is C14H20N2O. The predicted octanol–water partition coefficient (Wildman–Crippen LogP) is 2.31. The van der Waals surface area contributed by atoms with Crippen LogP contribution in [0.15, 0.2) is 18.2 Å². The van der Waals surface area contributed by atoms with Crippen LogP contribution in [0, 0.1) is 18.8 Å². The van der Waals surface area contributed by atoms with Crippen molar-refractivity contribution in [2.75, 3.05) is 18.8 Å². The van der Waals surface area contributed by atoms with Crippen LogP contribution in [-0.2, 0) is 0 Å². The van der Waals surface area contributed by atoms with Crippen molar-refractivity contribution in [1.82, 2.24) is 4.90 Å². The van der Waals surface area contributed by atoms with E-state index in [0.29, 0.717) is 23.1 Å². The number of likely N-dealkylation sites (tertiary alicyclic amines) is 1. The van der Waals surface area contributed by atoms with E-state index in [9.17, 15) is 4.79 Å². The Morgan fingerprint density at radius 1 is 1.24 bits per heavy atom. The number of benzene rings is 1. The summed E-state index contributed by atoms with van der Waals surface area (Å²) >= 11 is 0. The summed E-state index contributed by atoms with van der Waals surface area (Å²) < 4.78 is 0. The van der Waals surface area contributed by atoms with Crippen LogP contribution in [0.2, 0.25) is 0 Å². The Bertz CT molecular complexity index is 412. The maximum atomic E-state index is 12.3. The average molecular weight is 232 g/mol. The number of hydrogen-bond acceptors (Lipinski definition) is 2. The number of aryl methyl sites for hydroxylation is 1. The quantitative estimate of drug-likeness (QED) is 0.755. The van der Waals surface area contributed by atoms with Crippen molar-refractivity contribution < 1.29 is 4.79 Å². The fraction of sp³-hybridized carbons (Fsp3) is 0.500. The van der Waals surface area contributed by atoms with E-state index >= 15 is 0 Å². The molecule has 1 aromatic carbocycles. The molecule has 2 unspecified atom stereocenters. The molecule has 1 heterocycles. The third-order valence-electron chi connectivity index (χ3n) is 3.62. The van der Waals surface area contributed by atoms with Gasteiger partial charge in [-0.2, -0.15) is 0 Å². The second-order valence-corrected chi connectivity index (χ2v) is 5.30. The van der Waals surface area contributed by atoms with Crippen LogP contribution in [-0.4, -0.2) is 23.9 Å². The molecule has 1 fully saturated rings. The van der Waals surface area contributed by atoms with Gasteiger partial charge in [0.25, 0.3) is 5.91 Å². The molecule has 2 N–H and O–H groups in total. The monoisotopic (exact) mass is 232 g/mol. The number of nitrogens with two attached hydrogens (primary N) is 1. The van der Waals surface area contributed by atoms with Gasteiger partial charge in [0.1, 0.15) is 0 Å². The lowest BCUT2D eigenvalue weighted by molar-refractivity contribution is 0.0785. The molecule has 1 aliphatic heterocycles. The molecule has 1 aliphatic rings. The number of carbonyl (C=O) groups is 1. The fourth-order valence-corrected chi connectivity index (χ4v) is 2.41. The molecule has 0 aliphatic carbocycles. The van der Waals surface area contributed by atoms with Crippen LogP contribution in [0.1, 0.15) is 29.8 Å². The number of rotatable bonds is 1. The molecule has 0 radical (unpaired) electrons. The Hall–Kier alpha value is -1.51. The average Bonchev–Trinajstić information content (AvgIpc) is 2.57. The fourth-order valence-electron chi connectivity index (χ4n) is 2.41. The van der Waals surface area contributed by atoms with Gasteiger partial charge in [-0.15, -0.1) is 0 Å². The third-order valence-corrected chi connectivity index (χ3v) is 3.62. The normalized spacial score (nSPS) is 24.1. The summed E-state index contributed by atoms with van der Waals surface area (Å²) in [6.07, 6.45) is 0. The van der Waals surface area contributed by atoms with E-state index in [-0.39, 0.29) is 5.91 Å². The van der Waals surface area contributed by atoms with Gasteiger partial charge in [-0.1, -0.05) is 13.8 Å². The Labute approximate surface area is 103 Å². The van der Waals surface area contributed by atoms with Gasteiger partial charge in [0.05, 0.1) is 0 Å². The lowest BCUT2D eigenvalue weighted by atomic mass is 10.0. The Morgan fingerprint density at radius 2 is 1.82 bits per heavy atom. The van der Waals surface area contributed by atoms with Gasteiger partial charge in [0.2, 0.25) is 0 Å². The molecule has 3 heteroatoms. The molecule has 0 saturated carbocycles. The molecule has 1 aromatic rings. The van der Waals surface area contributed by atoms with Gasteiger partial charge in [-0.05, 0) is 42.5 Å². The summed E-state index contributed by atoms with van der Waals surface area (Å²) in [7, 11) is 0. The Kier molecular flexibility index (Phi) is 3.09. The number of nitrogen functional groups attached to an aromatic ring is 1. The minimum Gasteiger partial charge on any atom is -0.399 e. The van der Waals surface area contributed by atoms with E-state index in [2.05, 4.69) is 13.8 Å². The first-order valence-electron chi connectivity index (χ1n) is 6.14. The van der Waals surface area contributed by atoms with Crippen molar-refractivity contribution in [3.05, 3.63) is 29.3 Å². The molecule has 92 valence electrons. The highest BCUT2D eigenvalue weighted by atomic mass is 16.2. The highest BCUT2D eigenvalue weighted by Crippen LogP contribution is 2.24. The first kappa shape index (κ1) is 12.0. The van der Waals surface area contributed by atoms with Gasteiger partial charge < -0.3 is 10.6 Å². The number of carbonyl (C=O) groups excluding carboxylic acids is 1. The van der Waals surface area contributed by atoms with Crippen molar-refractivity contribution in [3.8, 4) is 0 Å². The summed E-state index contributed by atoms with van der Waals surface area (Å²) in [5.74, 6) is 1.28.